The fraction of sp³-hybridized carbons (Fsp3) is 0.571. The molecule has 0 fully saturated rings. The van der Waals surface area contributed by atoms with Crippen molar-refractivity contribution in [3.8, 4) is 0 Å². The van der Waals surface area contributed by atoms with Crippen LogP contribution in [0.1, 0.15) is 74.7 Å². The SMILES string of the molecule is O=C(NCCC1=CCCCC1)c1cc(S(=O)(=O)NCCC2=CCCCC2)c[nH]1. The predicted octanol–water partition coefficient (Wildman–Crippen LogP) is 3.80. The number of rotatable bonds is 9. The second-order valence-electron chi connectivity index (χ2n) is 7.62. The Labute approximate surface area is 167 Å². The summed E-state index contributed by atoms with van der Waals surface area (Å²) in [5, 5.41) is 2.86. The normalized spacial score (nSPS) is 17.7. The Kier molecular flexibility index (Phi) is 7.50. The van der Waals surface area contributed by atoms with E-state index in [1.807, 2.05) is 0 Å². The van der Waals surface area contributed by atoms with Crippen molar-refractivity contribution in [3.05, 3.63) is 41.3 Å². The van der Waals surface area contributed by atoms with E-state index in [9.17, 15) is 13.2 Å². The number of hydrogen-bond donors (Lipinski definition) is 3. The molecule has 1 amide bonds. The molecule has 6 nitrogen and oxygen atoms in total. The van der Waals surface area contributed by atoms with Gasteiger partial charge in [0.05, 0.1) is 0 Å². The van der Waals surface area contributed by atoms with E-state index in [4.69, 9.17) is 0 Å². The van der Waals surface area contributed by atoms with Crippen LogP contribution < -0.4 is 10.0 Å². The highest BCUT2D eigenvalue weighted by Gasteiger charge is 2.18. The van der Waals surface area contributed by atoms with Crippen molar-refractivity contribution in [2.75, 3.05) is 13.1 Å². The third-order valence-electron chi connectivity index (χ3n) is 5.45. The van der Waals surface area contributed by atoms with Crippen molar-refractivity contribution in [1.29, 1.82) is 0 Å². The highest BCUT2D eigenvalue weighted by Crippen LogP contribution is 2.20. The van der Waals surface area contributed by atoms with Gasteiger partial charge in [-0.1, -0.05) is 23.3 Å². The first-order chi connectivity index (χ1) is 13.5. The molecule has 28 heavy (non-hydrogen) atoms. The van der Waals surface area contributed by atoms with Crippen molar-refractivity contribution in [2.45, 2.75) is 69.1 Å². The average Bonchev–Trinajstić information content (AvgIpc) is 3.21. The van der Waals surface area contributed by atoms with Crippen molar-refractivity contribution in [3.63, 3.8) is 0 Å². The highest BCUT2D eigenvalue weighted by molar-refractivity contribution is 7.89. The van der Waals surface area contributed by atoms with E-state index >= 15 is 0 Å². The quantitative estimate of drug-likeness (QED) is 0.546. The Morgan fingerprint density at radius 2 is 1.61 bits per heavy atom. The van der Waals surface area contributed by atoms with E-state index in [0.29, 0.717) is 13.1 Å². The zero-order chi connectivity index (χ0) is 19.8. The van der Waals surface area contributed by atoms with Gasteiger partial charge in [-0.25, -0.2) is 13.1 Å². The second-order valence-corrected chi connectivity index (χ2v) is 9.39. The van der Waals surface area contributed by atoms with Crippen molar-refractivity contribution < 1.29 is 13.2 Å². The molecule has 7 heteroatoms. The molecule has 2 aliphatic carbocycles. The number of allylic oxidation sites excluding steroid dienone is 2. The Morgan fingerprint density at radius 3 is 2.21 bits per heavy atom. The summed E-state index contributed by atoms with van der Waals surface area (Å²) >= 11 is 0. The zero-order valence-corrected chi connectivity index (χ0v) is 17.2. The van der Waals surface area contributed by atoms with Crippen LogP contribution in [-0.2, 0) is 10.0 Å². The first-order valence-electron chi connectivity index (χ1n) is 10.4. The first kappa shape index (κ1) is 20.9. The average molecular weight is 406 g/mol. The first-order valence-corrected chi connectivity index (χ1v) is 11.8. The van der Waals surface area contributed by atoms with Crippen LogP contribution in [0.15, 0.2) is 40.5 Å². The van der Waals surface area contributed by atoms with Gasteiger partial charge in [-0.3, -0.25) is 4.79 Å². The molecule has 0 radical (unpaired) electrons. The van der Waals surface area contributed by atoms with E-state index in [-0.39, 0.29) is 16.5 Å². The van der Waals surface area contributed by atoms with Gasteiger partial charge in [-0.15, -0.1) is 0 Å². The molecule has 1 aromatic rings. The molecule has 154 valence electrons. The van der Waals surface area contributed by atoms with Gasteiger partial charge >= 0.3 is 0 Å². The van der Waals surface area contributed by atoms with Gasteiger partial charge in [0, 0.05) is 19.3 Å². The molecule has 3 N–H and O–H groups in total. The summed E-state index contributed by atoms with van der Waals surface area (Å²) in [6.45, 7) is 0.953. The number of H-pyrrole nitrogens is 1. The van der Waals surface area contributed by atoms with E-state index in [1.165, 1.54) is 49.1 Å². The van der Waals surface area contributed by atoms with Gasteiger partial charge in [0.25, 0.3) is 5.91 Å². The lowest BCUT2D eigenvalue weighted by atomic mass is 9.97. The number of carbonyl (C=O) groups excluding carboxylic acids is 1. The number of aromatic nitrogens is 1. The summed E-state index contributed by atoms with van der Waals surface area (Å²) in [7, 11) is -3.61. The number of carbonyl (C=O) groups is 1. The smallest absolute Gasteiger partial charge is 0.267 e. The van der Waals surface area contributed by atoms with Crippen LogP contribution in [0.2, 0.25) is 0 Å². The number of nitrogens with one attached hydrogen (secondary N) is 3. The maximum atomic E-state index is 12.4. The summed E-state index contributed by atoms with van der Waals surface area (Å²) in [4.78, 5) is 15.1. The summed E-state index contributed by atoms with van der Waals surface area (Å²) in [6.07, 6.45) is 16.8. The van der Waals surface area contributed by atoms with E-state index < -0.39 is 10.0 Å². The maximum Gasteiger partial charge on any atom is 0.267 e. The molecule has 0 unspecified atom stereocenters. The monoisotopic (exact) mass is 405 g/mol. The molecule has 1 aromatic heterocycles. The highest BCUT2D eigenvalue weighted by atomic mass is 32.2. The lowest BCUT2D eigenvalue weighted by Crippen LogP contribution is -2.26. The van der Waals surface area contributed by atoms with E-state index in [2.05, 4.69) is 27.2 Å². The van der Waals surface area contributed by atoms with Crippen molar-refractivity contribution >= 4 is 15.9 Å². The minimum atomic E-state index is -3.61. The Balaban J connectivity index is 1.46. The summed E-state index contributed by atoms with van der Waals surface area (Å²) in [6, 6.07) is 1.40. The summed E-state index contributed by atoms with van der Waals surface area (Å²) in [5.41, 5.74) is 3.00. The number of amides is 1. The maximum absolute atomic E-state index is 12.4. The zero-order valence-electron chi connectivity index (χ0n) is 16.4. The molecule has 0 atom stereocenters. The molecule has 0 aliphatic heterocycles. The van der Waals surface area contributed by atoms with Gasteiger partial charge in [0.2, 0.25) is 10.0 Å². The van der Waals surface area contributed by atoms with Crippen molar-refractivity contribution in [2.24, 2.45) is 0 Å². The molecular formula is C21H31N3O3S. The van der Waals surface area contributed by atoms with Crippen LogP contribution in [0, 0.1) is 0 Å². The van der Waals surface area contributed by atoms with Crippen LogP contribution in [0.25, 0.3) is 0 Å². The van der Waals surface area contributed by atoms with Gasteiger partial charge in [0.15, 0.2) is 0 Å². The molecular weight excluding hydrogens is 374 g/mol. The molecule has 0 bridgehead atoms. The van der Waals surface area contributed by atoms with Gasteiger partial charge in [-0.05, 0) is 70.3 Å². The van der Waals surface area contributed by atoms with Crippen LogP contribution in [0.3, 0.4) is 0 Å². The largest absolute Gasteiger partial charge is 0.356 e. The lowest BCUT2D eigenvalue weighted by Gasteiger charge is -2.12. The standard InChI is InChI=1S/C21H31N3O3S/c25-21(22-13-11-17-7-3-1-4-8-17)20-15-19(16-23-20)28(26,27)24-14-12-18-9-5-2-6-10-18/h7,9,15-16,23-24H,1-6,8,10-14H2,(H,22,25). The Bertz CT molecular complexity index is 837. The Morgan fingerprint density at radius 1 is 0.964 bits per heavy atom. The van der Waals surface area contributed by atoms with Crippen LogP contribution in [0.5, 0.6) is 0 Å². The van der Waals surface area contributed by atoms with Gasteiger partial charge < -0.3 is 10.3 Å². The molecule has 0 aromatic carbocycles. The topological polar surface area (TPSA) is 91.1 Å². The summed E-state index contributed by atoms with van der Waals surface area (Å²) in [5.74, 6) is -0.273. The molecule has 3 rings (SSSR count). The van der Waals surface area contributed by atoms with Crippen LogP contribution in [0.4, 0.5) is 0 Å². The lowest BCUT2D eigenvalue weighted by molar-refractivity contribution is 0.0949. The van der Waals surface area contributed by atoms with Crippen LogP contribution in [-0.4, -0.2) is 32.4 Å². The minimum Gasteiger partial charge on any atom is -0.356 e. The molecule has 0 saturated carbocycles. The number of sulfonamides is 1. The van der Waals surface area contributed by atoms with Crippen molar-refractivity contribution in [1.82, 2.24) is 15.0 Å². The molecule has 1 heterocycles. The molecule has 0 saturated heterocycles. The van der Waals surface area contributed by atoms with Gasteiger partial charge in [-0.2, -0.15) is 0 Å². The van der Waals surface area contributed by atoms with Gasteiger partial charge in [0.1, 0.15) is 10.6 Å². The summed E-state index contributed by atoms with van der Waals surface area (Å²) < 4.78 is 27.5. The predicted molar refractivity (Wildman–Crippen MR) is 111 cm³/mol. The second kappa shape index (κ2) is 10.1. The van der Waals surface area contributed by atoms with E-state index in [1.54, 1.807) is 0 Å². The molecule has 0 spiro atoms. The fourth-order valence-corrected chi connectivity index (χ4v) is 4.81. The fourth-order valence-electron chi connectivity index (χ4n) is 3.79. The number of hydrogen-bond acceptors (Lipinski definition) is 3. The third kappa shape index (κ3) is 6.07. The van der Waals surface area contributed by atoms with E-state index in [0.717, 1.165) is 38.5 Å². The molecule has 2 aliphatic rings. The third-order valence-corrected chi connectivity index (χ3v) is 6.89. The minimum absolute atomic E-state index is 0.102. The van der Waals surface area contributed by atoms with Crippen LogP contribution >= 0.6 is 0 Å². The number of aromatic amines is 1. The Hall–Kier alpha value is -1.86.